The van der Waals surface area contributed by atoms with Crippen LogP contribution in [0.15, 0.2) is 0 Å². The van der Waals surface area contributed by atoms with Crippen LogP contribution in [0, 0.1) is 0 Å². The van der Waals surface area contributed by atoms with Crippen molar-refractivity contribution < 1.29 is 41.6 Å². The molecule has 0 aliphatic heterocycles. The Morgan fingerprint density at radius 2 is 1.38 bits per heavy atom. The normalized spacial score (nSPS) is 16.2. The van der Waals surface area contributed by atoms with E-state index >= 15 is 0 Å². The van der Waals surface area contributed by atoms with Crippen LogP contribution in [0.1, 0.15) is 0 Å². The second-order valence-electron chi connectivity index (χ2n) is 1.82. The molecule has 0 saturated carbocycles. The zero-order valence-corrected chi connectivity index (χ0v) is 8.35. The van der Waals surface area contributed by atoms with Crippen molar-refractivity contribution in [3.05, 3.63) is 0 Å². The third-order valence-corrected chi connectivity index (χ3v) is 4.55. The Labute approximate surface area is 74.5 Å². The highest BCUT2D eigenvalue weighted by atomic mass is 32.2. The van der Waals surface area contributed by atoms with Gasteiger partial charge in [0.15, 0.2) is 0 Å². The summed E-state index contributed by atoms with van der Waals surface area (Å²) in [6.45, 7) is 0. The molecule has 0 aliphatic carbocycles. The first-order chi connectivity index (χ1) is 5.55. The molecule has 0 amide bonds. The van der Waals surface area contributed by atoms with Crippen LogP contribution in [0.3, 0.4) is 0 Å². The molecule has 0 aliphatic rings. The molecule has 13 heavy (non-hydrogen) atoms. The molecule has 12 heteroatoms. The lowest BCUT2D eigenvalue weighted by atomic mass is 11.7. The third-order valence-electron chi connectivity index (χ3n) is 0.744. The summed E-state index contributed by atoms with van der Waals surface area (Å²) in [6, 6.07) is 0. The van der Waals surface area contributed by atoms with Gasteiger partial charge in [0.25, 0.3) is 5.59 Å². The maximum atomic E-state index is 10.3. The Balaban J connectivity index is 4.90. The second kappa shape index (κ2) is 4.26. The molecule has 0 radical (unpaired) electrons. The molecular formula is CH6O9P2S. The van der Waals surface area contributed by atoms with Crippen molar-refractivity contribution in [3.63, 3.8) is 0 Å². The van der Waals surface area contributed by atoms with Gasteiger partial charge in [-0.15, -0.1) is 0 Å². The Morgan fingerprint density at radius 3 is 1.46 bits per heavy atom. The number of hydrogen-bond acceptors (Lipinski definition) is 4. The highest BCUT2D eigenvalue weighted by molar-refractivity contribution is 7.76. The summed E-state index contributed by atoms with van der Waals surface area (Å²) >= 11 is -3.17. The van der Waals surface area contributed by atoms with Crippen molar-refractivity contribution in [1.82, 2.24) is 0 Å². The quantitative estimate of drug-likeness (QED) is 0.306. The van der Waals surface area contributed by atoms with Gasteiger partial charge in [-0.1, -0.05) is 0 Å². The SMILES string of the molecule is O=S(O)OC(P(=O)(O)O)P(=O)(O)O. The van der Waals surface area contributed by atoms with E-state index in [1.165, 1.54) is 0 Å². The molecule has 0 fully saturated rings. The van der Waals surface area contributed by atoms with Gasteiger partial charge >= 0.3 is 26.6 Å². The van der Waals surface area contributed by atoms with E-state index in [-0.39, 0.29) is 0 Å². The van der Waals surface area contributed by atoms with Gasteiger partial charge in [0, 0.05) is 0 Å². The van der Waals surface area contributed by atoms with E-state index in [1.807, 2.05) is 0 Å². The lowest BCUT2D eigenvalue weighted by Gasteiger charge is -2.16. The van der Waals surface area contributed by atoms with Crippen LogP contribution >= 0.6 is 15.2 Å². The summed E-state index contributed by atoms with van der Waals surface area (Å²) in [5.41, 5.74) is -2.91. The van der Waals surface area contributed by atoms with Gasteiger partial charge in [-0.3, -0.25) is 13.7 Å². The van der Waals surface area contributed by atoms with Gasteiger partial charge in [0.2, 0.25) is 0 Å². The first-order valence-corrected chi connectivity index (χ1v) is 6.83. The predicted octanol–water partition coefficient (Wildman–Crippen LogP) is -1.22. The Morgan fingerprint density at radius 1 is 1.08 bits per heavy atom. The molecule has 80 valence electrons. The molecule has 0 aromatic heterocycles. The molecule has 0 aromatic rings. The minimum absolute atomic E-state index is 2.91. The first-order valence-electron chi connectivity index (χ1n) is 2.43. The maximum absolute atomic E-state index is 10.3. The van der Waals surface area contributed by atoms with Crippen LogP contribution in [-0.4, -0.2) is 33.9 Å². The molecule has 9 nitrogen and oxygen atoms in total. The molecule has 1 atom stereocenters. The van der Waals surface area contributed by atoms with Crippen LogP contribution in [0.5, 0.6) is 0 Å². The van der Waals surface area contributed by atoms with Gasteiger partial charge in [-0.25, -0.2) is 4.18 Å². The van der Waals surface area contributed by atoms with E-state index in [0.717, 1.165) is 0 Å². The zero-order chi connectivity index (χ0) is 10.9. The average molecular weight is 256 g/mol. The van der Waals surface area contributed by atoms with Gasteiger partial charge in [-0.2, -0.15) is 4.21 Å². The maximum Gasteiger partial charge on any atom is 0.368 e. The van der Waals surface area contributed by atoms with Crippen molar-refractivity contribution in [1.29, 1.82) is 0 Å². The zero-order valence-electron chi connectivity index (χ0n) is 5.75. The molecule has 0 heterocycles. The van der Waals surface area contributed by atoms with Crippen LogP contribution in [-0.2, 0) is 24.7 Å². The van der Waals surface area contributed by atoms with E-state index in [4.69, 9.17) is 24.1 Å². The molecule has 0 aromatic carbocycles. The van der Waals surface area contributed by atoms with Crippen LogP contribution in [0.4, 0.5) is 0 Å². The summed E-state index contributed by atoms with van der Waals surface area (Å²) < 4.78 is 42.1. The minimum atomic E-state index is -5.29. The monoisotopic (exact) mass is 256 g/mol. The standard InChI is InChI=1S/CH6O9P2S/c2-11(3,4)1(10-13(8)9)12(5,6)7/h1H,(H,8,9)(H2,2,3,4)(H2,5,6,7). The smallest absolute Gasteiger partial charge is 0.322 e. The van der Waals surface area contributed by atoms with Gasteiger partial charge in [-0.05, 0) is 0 Å². The van der Waals surface area contributed by atoms with Crippen molar-refractivity contribution >= 4 is 26.6 Å². The average Bonchev–Trinajstić information content (AvgIpc) is 1.77. The van der Waals surface area contributed by atoms with Gasteiger partial charge in [0.1, 0.15) is 0 Å². The molecular weight excluding hydrogens is 250 g/mol. The van der Waals surface area contributed by atoms with Crippen LogP contribution in [0.2, 0.25) is 0 Å². The molecule has 0 rings (SSSR count). The Kier molecular flexibility index (Phi) is 4.38. The highest BCUT2D eigenvalue weighted by Gasteiger charge is 2.46. The van der Waals surface area contributed by atoms with Crippen LogP contribution < -0.4 is 0 Å². The predicted molar refractivity (Wildman–Crippen MR) is 39.7 cm³/mol. The van der Waals surface area contributed by atoms with E-state index in [0.29, 0.717) is 0 Å². The van der Waals surface area contributed by atoms with Crippen molar-refractivity contribution in [3.8, 4) is 0 Å². The second-order valence-corrected chi connectivity index (χ2v) is 6.15. The van der Waals surface area contributed by atoms with E-state index in [9.17, 15) is 13.3 Å². The summed E-state index contributed by atoms with van der Waals surface area (Å²) in [7, 11) is -10.6. The lowest BCUT2D eigenvalue weighted by Crippen LogP contribution is -2.15. The third kappa shape index (κ3) is 4.96. The van der Waals surface area contributed by atoms with E-state index in [1.54, 1.807) is 0 Å². The molecule has 0 spiro atoms. The van der Waals surface area contributed by atoms with Gasteiger partial charge in [0.05, 0.1) is 0 Å². The van der Waals surface area contributed by atoms with E-state index < -0.39 is 32.1 Å². The number of rotatable bonds is 4. The van der Waals surface area contributed by atoms with Crippen molar-refractivity contribution in [2.24, 2.45) is 0 Å². The fraction of sp³-hybridized carbons (Fsp3) is 1.00. The highest BCUT2D eigenvalue weighted by Crippen LogP contribution is 2.60. The summed E-state index contributed by atoms with van der Waals surface area (Å²) in [4.78, 5) is 33.2. The Hall–Kier alpha value is 0.370. The number of hydrogen-bond donors (Lipinski definition) is 5. The Bertz CT molecular complexity index is 262. The molecule has 0 saturated heterocycles. The molecule has 5 N–H and O–H groups in total. The summed E-state index contributed by atoms with van der Waals surface area (Å²) in [5, 5.41) is 0. The topological polar surface area (TPSA) is 162 Å². The lowest BCUT2D eigenvalue weighted by molar-refractivity contribution is 0.234. The van der Waals surface area contributed by atoms with Crippen molar-refractivity contribution in [2.45, 2.75) is 5.59 Å². The van der Waals surface area contributed by atoms with E-state index in [2.05, 4.69) is 4.18 Å². The summed E-state index contributed by atoms with van der Waals surface area (Å²) in [6.07, 6.45) is 0. The first kappa shape index (κ1) is 13.4. The van der Waals surface area contributed by atoms with Gasteiger partial charge < -0.3 is 19.6 Å². The fourth-order valence-corrected chi connectivity index (χ4v) is 3.44. The minimum Gasteiger partial charge on any atom is -0.322 e. The largest absolute Gasteiger partial charge is 0.368 e. The molecule has 1 unspecified atom stereocenters. The van der Waals surface area contributed by atoms with Crippen LogP contribution in [0.25, 0.3) is 0 Å². The fourth-order valence-electron chi connectivity index (χ4n) is 0.382. The summed E-state index contributed by atoms with van der Waals surface area (Å²) in [5.74, 6) is 0. The molecule has 0 bridgehead atoms. The van der Waals surface area contributed by atoms with Crippen molar-refractivity contribution in [2.75, 3.05) is 0 Å².